The van der Waals surface area contributed by atoms with Crippen LogP contribution in [0.4, 0.5) is 0 Å². The van der Waals surface area contributed by atoms with E-state index < -0.39 is 6.04 Å². The Morgan fingerprint density at radius 2 is 1.90 bits per heavy atom. The van der Waals surface area contributed by atoms with Crippen molar-refractivity contribution < 1.29 is 14.1 Å². The number of benzene rings is 1. The van der Waals surface area contributed by atoms with Crippen LogP contribution >= 0.6 is 11.3 Å². The summed E-state index contributed by atoms with van der Waals surface area (Å²) in [7, 11) is 0. The molecule has 3 unspecified atom stereocenters. The third kappa shape index (κ3) is 7.64. The van der Waals surface area contributed by atoms with E-state index in [4.69, 9.17) is 10.3 Å². The number of piperidine rings is 1. The number of nitrogens with one attached hydrogen (secondary N) is 1. The maximum absolute atomic E-state index is 13.8. The molecule has 1 aliphatic heterocycles. The highest BCUT2D eigenvalue weighted by Crippen LogP contribution is 2.30. The van der Waals surface area contributed by atoms with Crippen molar-refractivity contribution in [1.82, 2.24) is 20.3 Å². The lowest BCUT2D eigenvalue weighted by atomic mass is 9.81. The van der Waals surface area contributed by atoms with E-state index >= 15 is 0 Å². The Bertz CT molecular complexity index is 1270. The van der Waals surface area contributed by atoms with E-state index in [2.05, 4.69) is 64.1 Å². The lowest BCUT2D eigenvalue weighted by Gasteiger charge is -2.42. The first-order valence-electron chi connectivity index (χ1n) is 14.9. The van der Waals surface area contributed by atoms with Gasteiger partial charge in [-0.05, 0) is 81.3 Å². The number of thiophene rings is 1. The first kappa shape index (κ1) is 29.5. The van der Waals surface area contributed by atoms with Crippen molar-refractivity contribution in [2.45, 2.75) is 77.5 Å². The van der Waals surface area contributed by atoms with Gasteiger partial charge in [-0.3, -0.25) is 14.5 Å². The molecule has 1 aromatic carbocycles. The highest BCUT2D eigenvalue weighted by atomic mass is 32.1. The van der Waals surface area contributed by atoms with Gasteiger partial charge in [-0.25, -0.2) is 0 Å². The number of likely N-dealkylation sites (tertiary alicyclic amines) is 1. The zero-order valence-corrected chi connectivity index (χ0v) is 25.1. The minimum absolute atomic E-state index is 0.0791. The molecular formula is C32H43N5O3S. The third-order valence-electron chi connectivity index (χ3n) is 8.74. The standard InChI is InChI=1S/C32H43N5O3S/c1-22-8-10-24(11-9-22)20-36(21-28-7-4-14-41-28)27-12-13-37(32(39)29-15-23(2)40-35-29)30(17-27)31(38)34-19-26-6-3-5-25(16-26)18-33/h4,7-11,14-15,25-27,30H,3,5-6,12-13,16-21,33H2,1-2H3,(H,34,38)/t25?,26?,27?,30-/m1/s1. The molecule has 2 amide bonds. The third-order valence-corrected chi connectivity index (χ3v) is 9.60. The van der Waals surface area contributed by atoms with Crippen LogP contribution in [-0.2, 0) is 17.9 Å². The zero-order valence-electron chi connectivity index (χ0n) is 24.3. The summed E-state index contributed by atoms with van der Waals surface area (Å²) >= 11 is 1.75. The molecule has 1 aliphatic carbocycles. The summed E-state index contributed by atoms with van der Waals surface area (Å²) in [5.74, 6) is 1.22. The molecule has 1 saturated carbocycles. The number of aromatic nitrogens is 1. The normalized spacial score (nSPS) is 23.1. The van der Waals surface area contributed by atoms with Crippen LogP contribution in [0.5, 0.6) is 0 Å². The van der Waals surface area contributed by atoms with Gasteiger partial charge in [-0.15, -0.1) is 11.3 Å². The van der Waals surface area contributed by atoms with Gasteiger partial charge in [-0.1, -0.05) is 47.5 Å². The average Bonchev–Trinajstić information content (AvgIpc) is 3.68. The Morgan fingerprint density at radius 1 is 1.10 bits per heavy atom. The predicted octanol–water partition coefficient (Wildman–Crippen LogP) is 4.91. The molecule has 4 atom stereocenters. The van der Waals surface area contributed by atoms with Crippen molar-refractivity contribution >= 4 is 23.2 Å². The predicted molar refractivity (Wildman–Crippen MR) is 161 cm³/mol. The molecule has 0 bridgehead atoms. The number of carbonyl (C=O) groups excluding carboxylic acids is 2. The highest BCUT2D eigenvalue weighted by molar-refractivity contribution is 7.09. The molecular weight excluding hydrogens is 534 g/mol. The first-order valence-corrected chi connectivity index (χ1v) is 15.8. The lowest BCUT2D eigenvalue weighted by Crippen LogP contribution is -2.57. The van der Waals surface area contributed by atoms with Crippen LogP contribution in [0.2, 0.25) is 0 Å². The molecule has 3 N–H and O–H groups in total. The van der Waals surface area contributed by atoms with Crippen LogP contribution in [0.3, 0.4) is 0 Å². The van der Waals surface area contributed by atoms with Gasteiger partial charge in [0.25, 0.3) is 5.91 Å². The summed E-state index contributed by atoms with van der Waals surface area (Å²) in [6.45, 7) is 7.29. The quantitative estimate of drug-likeness (QED) is 0.355. The van der Waals surface area contributed by atoms with Gasteiger partial charge >= 0.3 is 0 Å². The molecule has 5 rings (SSSR count). The van der Waals surface area contributed by atoms with Crippen molar-refractivity contribution in [3.8, 4) is 0 Å². The topological polar surface area (TPSA) is 105 Å². The minimum Gasteiger partial charge on any atom is -0.361 e. The van der Waals surface area contributed by atoms with Gasteiger partial charge in [-0.2, -0.15) is 0 Å². The van der Waals surface area contributed by atoms with Crippen molar-refractivity contribution in [2.75, 3.05) is 19.6 Å². The molecule has 0 spiro atoms. The average molecular weight is 578 g/mol. The second-order valence-corrected chi connectivity index (χ2v) is 12.9. The molecule has 3 aromatic rings. The second kappa shape index (κ2) is 13.8. The SMILES string of the molecule is Cc1ccc(CN(Cc2cccs2)C2CCN(C(=O)c3cc(C)on3)[C@@H](C(=O)NCC3CCCC(CN)C3)C2)cc1. The van der Waals surface area contributed by atoms with E-state index in [0.29, 0.717) is 43.7 Å². The van der Waals surface area contributed by atoms with Gasteiger partial charge in [0.15, 0.2) is 5.69 Å². The summed E-state index contributed by atoms with van der Waals surface area (Å²) in [6, 6.07) is 14.1. The van der Waals surface area contributed by atoms with E-state index in [0.717, 1.165) is 38.8 Å². The maximum atomic E-state index is 13.8. The fourth-order valence-electron chi connectivity index (χ4n) is 6.39. The molecule has 0 radical (unpaired) electrons. The highest BCUT2D eigenvalue weighted by Gasteiger charge is 2.39. The van der Waals surface area contributed by atoms with Crippen LogP contribution in [0.1, 0.15) is 70.8 Å². The summed E-state index contributed by atoms with van der Waals surface area (Å²) in [4.78, 5) is 32.9. The molecule has 8 nitrogen and oxygen atoms in total. The number of nitrogens with two attached hydrogens (primary N) is 1. The first-order chi connectivity index (χ1) is 19.9. The molecule has 41 heavy (non-hydrogen) atoms. The van der Waals surface area contributed by atoms with Crippen LogP contribution in [-0.4, -0.2) is 58.5 Å². The fourth-order valence-corrected chi connectivity index (χ4v) is 7.12. The number of rotatable bonds is 10. The lowest BCUT2D eigenvalue weighted by molar-refractivity contribution is -0.128. The number of hydrogen-bond acceptors (Lipinski definition) is 7. The Morgan fingerprint density at radius 3 is 2.61 bits per heavy atom. The Kier molecular flexibility index (Phi) is 9.90. The minimum atomic E-state index is -0.573. The molecule has 3 heterocycles. The number of carbonyl (C=O) groups is 2. The van der Waals surface area contributed by atoms with Crippen molar-refractivity contribution in [3.05, 3.63) is 75.3 Å². The van der Waals surface area contributed by atoms with Gasteiger partial charge in [0.1, 0.15) is 11.8 Å². The summed E-state index contributed by atoms with van der Waals surface area (Å²) in [5, 5.41) is 9.31. The molecule has 2 aliphatic rings. The molecule has 1 saturated heterocycles. The van der Waals surface area contributed by atoms with Crippen LogP contribution < -0.4 is 11.1 Å². The van der Waals surface area contributed by atoms with Crippen molar-refractivity contribution in [1.29, 1.82) is 0 Å². The van der Waals surface area contributed by atoms with Crippen molar-refractivity contribution in [2.24, 2.45) is 17.6 Å². The number of amides is 2. The Hall–Kier alpha value is -3.01. The van der Waals surface area contributed by atoms with E-state index in [1.165, 1.54) is 22.4 Å². The summed E-state index contributed by atoms with van der Waals surface area (Å²) in [6.07, 6.45) is 5.84. The zero-order chi connectivity index (χ0) is 28.8. The Labute approximate surface area is 247 Å². The second-order valence-electron chi connectivity index (χ2n) is 11.9. The maximum Gasteiger partial charge on any atom is 0.276 e. The van der Waals surface area contributed by atoms with Gasteiger partial charge in [0.2, 0.25) is 5.91 Å². The van der Waals surface area contributed by atoms with E-state index in [9.17, 15) is 9.59 Å². The fraction of sp³-hybridized carbons (Fsp3) is 0.531. The van der Waals surface area contributed by atoms with Crippen LogP contribution in [0.25, 0.3) is 0 Å². The molecule has 220 valence electrons. The van der Waals surface area contributed by atoms with E-state index in [1.807, 2.05) is 0 Å². The van der Waals surface area contributed by atoms with Crippen molar-refractivity contribution in [3.63, 3.8) is 0 Å². The van der Waals surface area contributed by atoms with Crippen LogP contribution in [0.15, 0.2) is 52.4 Å². The van der Waals surface area contributed by atoms with Gasteiger partial charge in [0, 0.05) is 43.2 Å². The number of hydrogen-bond donors (Lipinski definition) is 2. The smallest absolute Gasteiger partial charge is 0.276 e. The van der Waals surface area contributed by atoms with Crippen LogP contribution in [0, 0.1) is 25.7 Å². The molecule has 9 heteroatoms. The Balaban J connectivity index is 1.34. The molecule has 2 aromatic heterocycles. The van der Waals surface area contributed by atoms with Gasteiger partial charge in [0.05, 0.1) is 0 Å². The van der Waals surface area contributed by atoms with E-state index in [-0.39, 0.29) is 23.6 Å². The van der Waals surface area contributed by atoms with Gasteiger partial charge < -0.3 is 20.5 Å². The molecule has 2 fully saturated rings. The summed E-state index contributed by atoms with van der Waals surface area (Å²) in [5.41, 5.74) is 8.69. The monoisotopic (exact) mass is 577 g/mol. The largest absolute Gasteiger partial charge is 0.361 e. The summed E-state index contributed by atoms with van der Waals surface area (Å²) < 4.78 is 5.20. The number of nitrogens with zero attached hydrogens (tertiary/aromatic N) is 3. The van der Waals surface area contributed by atoms with E-state index in [1.54, 1.807) is 29.2 Å². The number of aryl methyl sites for hydroxylation is 2.